The van der Waals surface area contributed by atoms with Gasteiger partial charge in [0, 0.05) is 6.54 Å². The van der Waals surface area contributed by atoms with Crippen LogP contribution >= 0.6 is 11.6 Å². The molecule has 0 saturated heterocycles. The van der Waals surface area contributed by atoms with Crippen LogP contribution in [0.15, 0.2) is 77.7 Å². The summed E-state index contributed by atoms with van der Waals surface area (Å²) in [5.74, 6) is -0.349. The van der Waals surface area contributed by atoms with Crippen LogP contribution in [0.5, 0.6) is 5.75 Å². The number of methoxy groups -OCH3 is 1. The Balaban J connectivity index is 2.00. The molecule has 0 spiro atoms. The Morgan fingerprint density at radius 1 is 1.03 bits per heavy atom. The molecule has 0 atom stereocenters. The van der Waals surface area contributed by atoms with Crippen LogP contribution in [-0.2, 0) is 27.5 Å². The molecule has 1 amide bonds. The standard InChI is InChI=1S/C23H20ClF3N2O4S/c1-33-18-8-10-19(11-9-18)34(31,32)29(15-22(30)28-14-16-5-3-2-4-6-16)21-13-17(23(25,26)27)7-12-20(21)24/h2-13H,14-15H2,1H3,(H,28,30). The maximum atomic E-state index is 13.4. The lowest BCUT2D eigenvalue weighted by Gasteiger charge is -2.26. The summed E-state index contributed by atoms with van der Waals surface area (Å²) in [7, 11) is -3.08. The van der Waals surface area contributed by atoms with Gasteiger partial charge in [-0.3, -0.25) is 9.10 Å². The van der Waals surface area contributed by atoms with E-state index in [4.69, 9.17) is 16.3 Å². The van der Waals surface area contributed by atoms with Crippen LogP contribution in [0.3, 0.4) is 0 Å². The number of alkyl halides is 3. The van der Waals surface area contributed by atoms with Crippen LogP contribution in [-0.4, -0.2) is 28.0 Å². The van der Waals surface area contributed by atoms with Crippen molar-refractivity contribution in [1.82, 2.24) is 5.32 Å². The molecule has 0 saturated carbocycles. The summed E-state index contributed by atoms with van der Waals surface area (Å²) < 4.78 is 72.4. The Morgan fingerprint density at radius 3 is 2.26 bits per heavy atom. The second kappa shape index (κ2) is 10.4. The number of carbonyl (C=O) groups is 1. The molecule has 0 aliphatic carbocycles. The van der Waals surface area contributed by atoms with Gasteiger partial charge in [-0.2, -0.15) is 13.2 Å². The highest BCUT2D eigenvalue weighted by Gasteiger charge is 2.34. The second-order valence-electron chi connectivity index (χ2n) is 7.11. The minimum Gasteiger partial charge on any atom is -0.497 e. The molecular weight excluding hydrogens is 493 g/mol. The number of nitrogens with one attached hydrogen (secondary N) is 1. The van der Waals surface area contributed by atoms with E-state index < -0.39 is 39.9 Å². The van der Waals surface area contributed by atoms with E-state index in [0.29, 0.717) is 16.1 Å². The minimum absolute atomic E-state index is 0.104. The molecule has 0 heterocycles. The first-order chi connectivity index (χ1) is 16.0. The molecule has 0 fully saturated rings. The Hall–Kier alpha value is -3.24. The lowest BCUT2D eigenvalue weighted by molar-refractivity contribution is -0.137. The highest BCUT2D eigenvalue weighted by Crippen LogP contribution is 2.37. The summed E-state index contributed by atoms with van der Waals surface area (Å²) in [5.41, 5.74) is -0.814. The van der Waals surface area contributed by atoms with Crippen molar-refractivity contribution in [3.63, 3.8) is 0 Å². The monoisotopic (exact) mass is 512 g/mol. The third-order valence-corrected chi connectivity index (χ3v) is 6.90. The van der Waals surface area contributed by atoms with Crippen LogP contribution < -0.4 is 14.4 Å². The van der Waals surface area contributed by atoms with Crippen LogP contribution in [0, 0.1) is 0 Å². The van der Waals surface area contributed by atoms with E-state index in [2.05, 4.69) is 5.32 Å². The van der Waals surface area contributed by atoms with Gasteiger partial charge in [0.15, 0.2) is 0 Å². The topological polar surface area (TPSA) is 75.7 Å². The molecule has 0 aromatic heterocycles. The third kappa shape index (κ3) is 6.00. The molecule has 11 heteroatoms. The van der Waals surface area contributed by atoms with E-state index >= 15 is 0 Å². The van der Waals surface area contributed by atoms with Crippen LogP contribution in [0.4, 0.5) is 18.9 Å². The van der Waals surface area contributed by atoms with E-state index in [0.717, 1.165) is 17.7 Å². The van der Waals surface area contributed by atoms with Gasteiger partial charge in [0.05, 0.1) is 28.3 Å². The van der Waals surface area contributed by atoms with E-state index in [9.17, 15) is 26.4 Å². The maximum Gasteiger partial charge on any atom is 0.416 e. The predicted octanol–water partition coefficient (Wildman–Crippen LogP) is 4.88. The van der Waals surface area contributed by atoms with Gasteiger partial charge in [-0.05, 0) is 48.0 Å². The molecule has 3 aromatic carbocycles. The molecule has 3 aromatic rings. The number of halogens is 4. The van der Waals surface area contributed by atoms with Gasteiger partial charge in [0.25, 0.3) is 10.0 Å². The number of benzene rings is 3. The lowest BCUT2D eigenvalue weighted by Crippen LogP contribution is -2.41. The van der Waals surface area contributed by atoms with Crippen molar-refractivity contribution < 1.29 is 31.1 Å². The van der Waals surface area contributed by atoms with Crippen molar-refractivity contribution in [3.05, 3.63) is 88.9 Å². The molecule has 0 aliphatic rings. The van der Waals surface area contributed by atoms with E-state index in [1.807, 2.05) is 0 Å². The van der Waals surface area contributed by atoms with E-state index in [1.165, 1.54) is 31.4 Å². The number of hydrogen-bond acceptors (Lipinski definition) is 4. The molecule has 6 nitrogen and oxygen atoms in total. The zero-order chi connectivity index (χ0) is 24.9. The van der Waals surface area contributed by atoms with Crippen molar-refractivity contribution >= 4 is 33.2 Å². The number of anilines is 1. The van der Waals surface area contributed by atoms with Gasteiger partial charge in [-0.1, -0.05) is 41.9 Å². The first kappa shape index (κ1) is 25.4. The van der Waals surface area contributed by atoms with Crippen molar-refractivity contribution in [3.8, 4) is 5.75 Å². The fraction of sp³-hybridized carbons (Fsp3) is 0.174. The number of sulfonamides is 1. The highest BCUT2D eigenvalue weighted by atomic mass is 35.5. The molecule has 1 N–H and O–H groups in total. The number of nitrogens with zero attached hydrogens (tertiary/aromatic N) is 1. The van der Waals surface area contributed by atoms with Gasteiger partial charge >= 0.3 is 6.18 Å². The average Bonchev–Trinajstić information content (AvgIpc) is 2.81. The molecule has 0 radical (unpaired) electrons. The summed E-state index contributed by atoms with van der Waals surface area (Å²) in [6, 6.07) is 16.4. The number of ether oxygens (including phenoxy) is 1. The summed E-state index contributed by atoms with van der Waals surface area (Å²) in [5, 5.41) is 2.31. The predicted molar refractivity (Wildman–Crippen MR) is 122 cm³/mol. The van der Waals surface area contributed by atoms with Gasteiger partial charge < -0.3 is 10.1 Å². The highest BCUT2D eigenvalue weighted by molar-refractivity contribution is 7.92. The Morgan fingerprint density at radius 2 is 1.68 bits per heavy atom. The zero-order valence-corrected chi connectivity index (χ0v) is 19.4. The zero-order valence-electron chi connectivity index (χ0n) is 17.8. The minimum atomic E-state index is -4.75. The molecular formula is C23H20ClF3N2O4S. The summed E-state index contributed by atoms with van der Waals surface area (Å²) in [6.45, 7) is -0.686. The quantitative estimate of drug-likeness (QED) is 0.467. The lowest BCUT2D eigenvalue weighted by atomic mass is 10.2. The number of rotatable bonds is 8. The maximum absolute atomic E-state index is 13.4. The number of amides is 1. The van der Waals surface area contributed by atoms with Gasteiger partial charge in [0.1, 0.15) is 12.3 Å². The van der Waals surface area contributed by atoms with E-state index in [1.54, 1.807) is 30.3 Å². The Labute approximate surface area is 200 Å². The first-order valence-corrected chi connectivity index (χ1v) is 11.7. The first-order valence-electron chi connectivity index (χ1n) is 9.86. The normalized spacial score (nSPS) is 11.7. The smallest absolute Gasteiger partial charge is 0.416 e. The fourth-order valence-corrected chi connectivity index (χ4v) is 4.74. The number of carbonyl (C=O) groups excluding carboxylic acids is 1. The Kier molecular flexibility index (Phi) is 7.73. The van der Waals surface area contributed by atoms with Gasteiger partial charge in [-0.15, -0.1) is 0 Å². The van der Waals surface area contributed by atoms with Crippen molar-refractivity contribution in [2.24, 2.45) is 0 Å². The summed E-state index contributed by atoms with van der Waals surface area (Å²) in [4.78, 5) is 12.4. The SMILES string of the molecule is COc1ccc(S(=O)(=O)N(CC(=O)NCc2ccccc2)c2cc(C(F)(F)F)ccc2Cl)cc1. The third-order valence-electron chi connectivity index (χ3n) is 4.81. The second-order valence-corrected chi connectivity index (χ2v) is 9.38. The van der Waals surface area contributed by atoms with E-state index in [-0.39, 0.29) is 16.5 Å². The van der Waals surface area contributed by atoms with Gasteiger partial charge in [-0.25, -0.2) is 8.42 Å². The van der Waals surface area contributed by atoms with Crippen LogP contribution in [0.2, 0.25) is 5.02 Å². The molecule has 0 bridgehead atoms. The van der Waals surface area contributed by atoms with Crippen molar-refractivity contribution in [1.29, 1.82) is 0 Å². The number of hydrogen-bond donors (Lipinski definition) is 1. The Bertz CT molecular complexity index is 1250. The molecule has 34 heavy (non-hydrogen) atoms. The van der Waals surface area contributed by atoms with Crippen molar-refractivity contribution in [2.45, 2.75) is 17.6 Å². The van der Waals surface area contributed by atoms with Gasteiger partial charge in [0.2, 0.25) is 5.91 Å². The van der Waals surface area contributed by atoms with Crippen molar-refractivity contribution in [2.75, 3.05) is 18.0 Å². The molecule has 180 valence electrons. The molecule has 3 rings (SSSR count). The molecule has 0 aliphatic heterocycles. The average molecular weight is 513 g/mol. The largest absolute Gasteiger partial charge is 0.497 e. The summed E-state index contributed by atoms with van der Waals surface area (Å²) in [6.07, 6.45) is -4.75. The summed E-state index contributed by atoms with van der Waals surface area (Å²) >= 11 is 6.11. The van der Waals surface area contributed by atoms with Crippen LogP contribution in [0.1, 0.15) is 11.1 Å². The molecule has 0 unspecified atom stereocenters. The van der Waals surface area contributed by atoms with Crippen LogP contribution in [0.25, 0.3) is 0 Å². The fourth-order valence-electron chi connectivity index (χ4n) is 3.04.